The molecular formula is C16H21N5O2. The lowest BCUT2D eigenvalue weighted by Crippen LogP contribution is -2.39. The van der Waals surface area contributed by atoms with E-state index < -0.39 is 0 Å². The van der Waals surface area contributed by atoms with Crippen molar-refractivity contribution in [2.24, 2.45) is 5.92 Å². The smallest absolute Gasteiger partial charge is 0.258 e. The number of nitrogens with zero attached hydrogens (tertiary/aromatic N) is 4. The summed E-state index contributed by atoms with van der Waals surface area (Å²) in [6.07, 6.45) is 5.98. The molecular weight excluding hydrogens is 294 g/mol. The van der Waals surface area contributed by atoms with Crippen molar-refractivity contribution in [1.29, 1.82) is 0 Å². The predicted molar refractivity (Wildman–Crippen MR) is 84.2 cm³/mol. The standard InChI is InChI=1S/C16H21N5O2/c1-12-5-7-13(8-6-12)18-16(22)10-23-15-4-2-3-14(9-15)21-11-17-19-20-21/h2-4,9,11-13H,5-8,10H2,1H3,(H,18,22). The summed E-state index contributed by atoms with van der Waals surface area (Å²) in [5.74, 6) is 1.32. The lowest BCUT2D eigenvalue weighted by Gasteiger charge is -2.26. The van der Waals surface area contributed by atoms with Crippen molar-refractivity contribution in [1.82, 2.24) is 25.5 Å². The van der Waals surface area contributed by atoms with Gasteiger partial charge in [-0.2, -0.15) is 0 Å². The number of carbonyl (C=O) groups is 1. The number of rotatable bonds is 5. The summed E-state index contributed by atoms with van der Waals surface area (Å²) in [7, 11) is 0. The molecule has 1 saturated carbocycles. The fourth-order valence-corrected chi connectivity index (χ4v) is 2.82. The van der Waals surface area contributed by atoms with Crippen molar-refractivity contribution in [2.75, 3.05) is 6.61 Å². The molecule has 122 valence electrons. The van der Waals surface area contributed by atoms with Gasteiger partial charge in [-0.1, -0.05) is 13.0 Å². The van der Waals surface area contributed by atoms with Gasteiger partial charge in [-0.3, -0.25) is 4.79 Å². The molecule has 1 aliphatic rings. The van der Waals surface area contributed by atoms with Crippen LogP contribution in [0.4, 0.5) is 0 Å². The second-order valence-electron chi connectivity index (χ2n) is 6.06. The molecule has 1 aromatic carbocycles. The zero-order chi connectivity index (χ0) is 16.1. The molecule has 0 spiro atoms. The lowest BCUT2D eigenvalue weighted by molar-refractivity contribution is -0.124. The number of nitrogens with one attached hydrogen (secondary N) is 1. The van der Waals surface area contributed by atoms with Crippen LogP contribution in [-0.2, 0) is 4.79 Å². The molecule has 0 atom stereocenters. The van der Waals surface area contributed by atoms with Gasteiger partial charge in [0.25, 0.3) is 5.91 Å². The number of tetrazole rings is 1. The Morgan fingerprint density at radius 2 is 2.17 bits per heavy atom. The van der Waals surface area contributed by atoms with Gasteiger partial charge in [-0.15, -0.1) is 5.10 Å². The molecule has 2 aromatic rings. The normalized spacial score (nSPS) is 20.9. The maximum absolute atomic E-state index is 12.0. The molecule has 7 nitrogen and oxygen atoms in total. The zero-order valence-electron chi connectivity index (χ0n) is 13.2. The minimum atomic E-state index is -0.0719. The highest BCUT2D eigenvalue weighted by atomic mass is 16.5. The second kappa shape index (κ2) is 7.21. The minimum Gasteiger partial charge on any atom is -0.484 e. The number of amides is 1. The van der Waals surface area contributed by atoms with Crippen LogP contribution >= 0.6 is 0 Å². The molecule has 0 aliphatic heterocycles. The van der Waals surface area contributed by atoms with E-state index in [-0.39, 0.29) is 18.6 Å². The first-order chi connectivity index (χ1) is 11.2. The summed E-state index contributed by atoms with van der Waals surface area (Å²) >= 11 is 0. The van der Waals surface area contributed by atoms with Crippen molar-refractivity contribution >= 4 is 5.91 Å². The maximum Gasteiger partial charge on any atom is 0.258 e. The molecule has 7 heteroatoms. The molecule has 0 saturated heterocycles. The summed E-state index contributed by atoms with van der Waals surface area (Å²) in [6, 6.07) is 7.60. The molecule has 1 aliphatic carbocycles. The molecule has 3 rings (SSSR count). The number of ether oxygens (including phenoxy) is 1. The Labute approximate surface area is 135 Å². The summed E-state index contributed by atoms with van der Waals surface area (Å²) in [6.45, 7) is 2.28. The van der Waals surface area contributed by atoms with Crippen LogP contribution in [0.25, 0.3) is 5.69 Å². The Bertz CT molecular complexity index is 636. The SMILES string of the molecule is CC1CCC(NC(=O)COc2cccc(-n3cnnn3)c2)CC1. The van der Waals surface area contributed by atoms with Crippen molar-refractivity contribution < 1.29 is 9.53 Å². The Kier molecular flexibility index (Phi) is 4.85. The number of carbonyl (C=O) groups excluding carboxylic acids is 1. The molecule has 1 fully saturated rings. The van der Waals surface area contributed by atoms with E-state index in [2.05, 4.69) is 27.8 Å². The summed E-state index contributed by atoms with van der Waals surface area (Å²) in [4.78, 5) is 12.0. The predicted octanol–water partition coefficient (Wildman–Crippen LogP) is 1.74. The molecule has 23 heavy (non-hydrogen) atoms. The van der Waals surface area contributed by atoms with Crippen molar-refractivity contribution in [3.05, 3.63) is 30.6 Å². The van der Waals surface area contributed by atoms with Crippen LogP contribution in [0.2, 0.25) is 0 Å². The van der Waals surface area contributed by atoms with Gasteiger partial charge in [-0.25, -0.2) is 4.68 Å². The Balaban J connectivity index is 1.50. The van der Waals surface area contributed by atoms with Crippen molar-refractivity contribution in [3.8, 4) is 11.4 Å². The van der Waals surface area contributed by atoms with Gasteiger partial charge in [0.15, 0.2) is 6.61 Å². The fraction of sp³-hybridized carbons (Fsp3) is 0.500. The maximum atomic E-state index is 12.0. The monoisotopic (exact) mass is 315 g/mol. The molecule has 0 bridgehead atoms. The van der Waals surface area contributed by atoms with E-state index in [4.69, 9.17) is 4.74 Å². The zero-order valence-corrected chi connectivity index (χ0v) is 13.2. The summed E-state index contributed by atoms with van der Waals surface area (Å²) in [5, 5.41) is 14.1. The quantitative estimate of drug-likeness (QED) is 0.909. The average Bonchev–Trinajstić information content (AvgIpc) is 3.10. The van der Waals surface area contributed by atoms with E-state index >= 15 is 0 Å². The third-order valence-electron chi connectivity index (χ3n) is 4.18. The number of hydrogen-bond acceptors (Lipinski definition) is 5. The van der Waals surface area contributed by atoms with E-state index in [9.17, 15) is 4.79 Å². The molecule has 1 amide bonds. The first kappa shape index (κ1) is 15.5. The van der Waals surface area contributed by atoms with E-state index in [0.29, 0.717) is 5.75 Å². The van der Waals surface area contributed by atoms with E-state index in [1.807, 2.05) is 18.2 Å². The molecule has 1 aromatic heterocycles. The third kappa shape index (κ3) is 4.28. The van der Waals surface area contributed by atoms with Gasteiger partial charge in [0.2, 0.25) is 0 Å². The first-order valence-corrected chi connectivity index (χ1v) is 7.96. The van der Waals surface area contributed by atoms with Crippen LogP contribution in [-0.4, -0.2) is 38.8 Å². The molecule has 1 heterocycles. The topological polar surface area (TPSA) is 81.9 Å². The number of aromatic nitrogens is 4. The van der Waals surface area contributed by atoms with Gasteiger partial charge in [0.05, 0.1) is 5.69 Å². The lowest BCUT2D eigenvalue weighted by atomic mass is 9.87. The number of hydrogen-bond donors (Lipinski definition) is 1. The van der Waals surface area contributed by atoms with Crippen LogP contribution in [0, 0.1) is 5.92 Å². The van der Waals surface area contributed by atoms with Crippen molar-refractivity contribution in [3.63, 3.8) is 0 Å². The third-order valence-corrected chi connectivity index (χ3v) is 4.18. The Hall–Kier alpha value is -2.44. The van der Waals surface area contributed by atoms with E-state index in [1.54, 1.807) is 6.07 Å². The van der Waals surface area contributed by atoms with Crippen LogP contribution < -0.4 is 10.1 Å². The average molecular weight is 315 g/mol. The second-order valence-corrected chi connectivity index (χ2v) is 6.06. The Morgan fingerprint density at radius 1 is 1.35 bits per heavy atom. The van der Waals surface area contributed by atoms with Gasteiger partial charge in [-0.05, 0) is 54.2 Å². The summed E-state index contributed by atoms with van der Waals surface area (Å²) in [5.41, 5.74) is 0.786. The molecule has 0 unspecified atom stereocenters. The first-order valence-electron chi connectivity index (χ1n) is 7.96. The highest BCUT2D eigenvalue weighted by molar-refractivity contribution is 5.77. The van der Waals surface area contributed by atoms with Crippen LogP contribution in [0.3, 0.4) is 0 Å². The molecule has 1 N–H and O–H groups in total. The molecule has 0 radical (unpaired) electrons. The highest BCUT2D eigenvalue weighted by Crippen LogP contribution is 2.23. The fourth-order valence-electron chi connectivity index (χ4n) is 2.82. The van der Waals surface area contributed by atoms with Crippen LogP contribution in [0.5, 0.6) is 5.75 Å². The van der Waals surface area contributed by atoms with E-state index in [1.165, 1.54) is 23.9 Å². The van der Waals surface area contributed by atoms with Crippen molar-refractivity contribution in [2.45, 2.75) is 38.6 Å². The van der Waals surface area contributed by atoms with Gasteiger partial charge >= 0.3 is 0 Å². The highest BCUT2D eigenvalue weighted by Gasteiger charge is 2.19. The van der Waals surface area contributed by atoms with Gasteiger partial charge < -0.3 is 10.1 Å². The van der Waals surface area contributed by atoms with Gasteiger partial charge in [0, 0.05) is 12.1 Å². The Morgan fingerprint density at radius 3 is 2.91 bits per heavy atom. The van der Waals surface area contributed by atoms with Gasteiger partial charge in [0.1, 0.15) is 12.1 Å². The van der Waals surface area contributed by atoms with Crippen LogP contribution in [0.15, 0.2) is 30.6 Å². The largest absolute Gasteiger partial charge is 0.484 e. The van der Waals surface area contributed by atoms with Crippen LogP contribution in [0.1, 0.15) is 32.6 Å². The van der Waals surface area contributed by atoms with E-state index in [0.717, 1.165) is 24.4 Å². The summed E-state index contributed by atoms with van der Waals surface area (Å²) < 4.78 is 7.11. The minimum absolute atomic E-state index is 0.0190. The number of benzene rings is 1.